The second kappa shape index (κ2) is 4.04. The van der Waals surface area contributed by atoms with E-state index in [0.717, 1.165) is 5.69 Å². The van der Waals surface area contributed by atoms with Crippen molar-refractivity contribution in [3.05, 3.63) is 24.3 Å². The maximum atomic E-state index is 12.0. The van der Waals surface area contributed by atoms with Crippen molar-refractivity contribution in [1.82, 2.24) is 5.43 Å². The molecule has 17 heavy (non-hydrogen) atoms. The molecule has 1 fully saturated rings. The highest BCUT2D eigenvalue weighted by atomic mass is 16.2. The fourth-order valence-electron chi connectivity index (χ4n) is 1.92. The van der Waals surface area contributed by atoms with Gasteiger partial charge in [0.15, 0.2) is 0 Å². The smallest absolute Gasteiger partial charge is 0.243 e. The Hall–Kier alpha value is -1.55. The maximum Gasteiger partial charge on any atom is 0.243 e. The van der Waals surface area contributed by atoms with Crippen molar-refractivity contribution >= 4 is 17.3 Å². The number of hydrogen-bond acceptors (Lipinski definition) is 3. The summed E-state index contributed by atoms with van der Waals surface area (Å²) in [5.41, 5.74) is 10.5. The van der Waals surface area contributed by atoms with Crippen LogP contribution in [-0.2, 0) is 4.79 Å². The van der Waals surface area contributed by atoms with E-state index in [-0.39, 0.29) is 17.4 Å². The number of nitrogens with two attached hydrogens (primary N) is 1. The minimum Gasteiger partial charge on any atom is -0.399 e. The highest BCUT2D eigenvalue weighted by molar-refractivity contribution is 5.95. The molecule has 3 N–H and O–H groups in total. The quantitative estimate of drug-likeness (QED) is 0.729. The van der Waals surface area contributed by atoms with Gasteiger partial charge in [0, 0.05) is 18.2 Å². The maximum absolute atomic E-state index is 12.0. The number of hydrogen-bond donors (Lipinski definition) is 2. The Morgan fingerprint density at radius 2 is 2.12 bits per heavy atom. The minimum atomic E-state index is 0.0603. The van der Waals surface area contributed by atoms with E-state index in [4.69, 9.17) is 5.73 Å². The molecule has 4 nitrogen and oxygen atoms in total. The number of hydrazine groups is 1. The van der Waals surface area contributed by atoms with Crippen LogP contribution in [0.5, 0.6) is 0 Å². The lowest BCUT2D eigenvalue weighted by atomic mass is 9.86. The van der Waals surface area contributed by atoms with Gasteiger partial charge in [-0.1, -0.05) is 26.8 Å². The number of benzene rings is 1. The number of rotatable bonds is 1. The first kappa shape index (κ1) is 11.9. The van der Waals surface area contributed by atoms with Gasteiger partial charge in [0.05, 0.1) is 5.69 Å². The van der Waals surface area contributed by atoms with Crippen LogP contribution in [0.1, 0.15) is 27.2 Å². The highest BCUT2D eigenvalue weighted by Crippen LogP contribution is 2.29. The van der Waals surface area contributed by atoms with Crippen molar-refractivity contribution in [1.29, 1.82) is 0 Å². The first-order valence-electron chi connectivity index (χ1n) is 5.82. The summed E-state index contributed by atoms with van der Waals surface area (Å²) in [5.74, 6) is 0.0931. The molecule has 0 aliphatic carbocycles. The summed E-state index contributed by atoms with van der Waals surface area (Å²) < 4.78 is 0. The number of nitrogens with one attached hydrogen (secondary N) is 1. The van der Waals surface area contributed by atoms with Crippen LogP contribution in [0.2, 0.25) is 0 Å². The van der Waals surface area contributed by atoms with E-state index >= 15 is 0 Å². The topological polar surface area (TPSA) is 58.4 Å². The molecule has 1 saturated heterocycles. The largest absolute Gasteiger partial charge is 0.399 e. The monoisotopic (exact) mass is 233 g/mol. The molecule has 0 saturated carbocycles. The average Bonchev–Trinajstić information content (AvgIpc) is 2.60. The minimum absolute atomic E-state index is 0.0603. The van der Waals surface area contributed by atoms with Gasteiger partial charge in [0.25, 0.3) is 0 Å². The Bertz CT molecular complexity index is 437. The first-order chi connectivity index (χ1) is 7.88. The third kappa shape index (κ3) is 2.42. The van der Waals surface area contributed by atoms with Crippen LogP contribution in [0.3, 0.4) is 0 Å². The number of amides is 1. The number of nitrogen functional groups attached to an aromatic ring is 1. The highest BCUT2D eigenvalue weighted by Gasteiger charge is 2.37. The predicted molar refractivity (Wildman–Crippen MR) is 69.3 cm³/mol. The lowest BCUT2D eigenvalue weighted by Gasteiger charge is -2.27. The molecule has 2 rings (SSSR count). The molecular formula is C13H19N3O. The van der Waals surface area contributed by atoms with Crippen LogP contribution in [0.4, 0.5) is 11.4 Å². The molecule has 0 bridgehead atoms. The van der Waals surface area contributed by atoms with Crippen LogP contribution in [-0.4, -0.2) is 11.9 Å². The van der Waals surface area contributed by atoms with E-state index in [1.54, 1.807) is 11.1 Å². The summed E-state index contributed by atoms with van der Waals surface area (Å²) in [5, 5.41) is 1.60. The lowest BCUT2D eigenvalue weighted by Crippen LogP contribution is -2.42. The van der Waals surface area contributed by atoms with Crippen molar-refractivity contribution in [3.8, 4) is 0 Å². The van der Waals surface area contributed by atoms with E-state index in [2.05, 4.69) is 26.2 Å². The summed E-state index contributed by atoms with van der Waals surface area (Å²) in [4.78, 5) is 12.0. The Morgan fingerprint density at radius 3 is 2.65 bits per heavy atom. The number of carbonyl (C=O) groups is 1. The van der Waals surface area contributed by atoms with Crippen molar-refractivity contribution in [2.45, 2.75) is 33.2 Å². The summed E-state index contributed by atoms with van der Waals surface area (Å²) >= 11 is 0. The Kier molecular flexibility index (Phi) is 2.83. The Balaban J connectivity index is 2.22. The fraction of sp³-hybridized carbons (Fsp3) is 0.462. The zero-order chi connectivity index (χ0) is 12.6. The van der Waals surface area contributed by atoms with Crippen LogP contribution in [0.25, 0.3) is 0 Å². The van der Waals surface area contributed by atoms with Crippen molar-refractivity contribution in [2.75, 3.05) is 10.7 Å². The van der Waals surface area contributed by atoms with Gasteiger partial charge in [0.2, 0.25) is 5.91 Å². The summed E-state index contributed by atoms with van der Waals surface area (Å²) in [6, 6.07) is 7.51. The first-order valence-corrected chi connectivity index (χ1v) is 5.82. The van der Waals surface area contributed by atoms with E-state index in [9.17, 15) is 4.79 Å². The van der Waals surface area contributed by atoms with Gasteiger partial charge in [0.1, 0.15) is 0 Å². The van der Waals surface area contributed by atoms with Crippen LogP contribution in [0, 0.1) is 5.41 Å². The van der Waals surface area contributed by atoms with Gasteiger partial charge in [-0.2, -0.15) is 0 Å². The molecule has 92 valence electrons. The number of nitrogens with zero attached hydrogens (tertiary/aromatic N) is 1. The van der Waals surface area contributed by atoms with Gasteiger partial charge in [-0.15, -0.1) is 0 Å². The number of carbonyl (C=O) groups excluding carboxylic acids is 1. The van der Waals surface area contributed by atoms with Crippen LogP contribution >= 0.6 is 0 Å². The molecule has 1 aliphatic heterocycles. The van der Waals surface area contributed by atoms with Gasteiger partial charge >= 0.3 is 0 Å². The van der Waals surface area contributed by atoms with Crippen molar-refractivity contribution in [2.24, 2.45) is 5.41 Å². The van der Waals surface area contributed by atoms with E-state index < -0.39 is 0 Å². The Morgan fingerprint density at radius 1 is 1.41 bits per heavy atom. The third-order valence-electron chi connectivity index (χ3n) is 3.09. The predicted octanol–water partition coefficient (Wildman–Crippen LogP) is 1.92. The average molecular weight is 233 g/mol. The fourth-order valence-corrected chi connectivity index (χ4v) is 1.92. The zero-order valence-electron chi connectivity index (χ0n) is 10.5. The molecule has 1 amide bonds. The molecule has 0 radical (unpaired) electrons. The second-order valence-electron chi connectivity index (χ2n) is 5.58. The van der Waals surface area contributed by atoms with Gasteiger partial charge in [-0.3, -0.25) is 4.79 Å². The summed E-state index contributed by atoms with van der Waals surface area (Å²) in [6.07, 6.45) is 0.526. The molecule has 1 aromatic rings. The van der Waals surface area contributed by atoms with Gasteiger partial charge in [-0.05, 0) is 23.6 Å². The number of anilines is 2. The van der Waals surface area contributed by atoms with E-state index in [0.29, 0.717) is 12.1 Å². The molecule has 1 aromatic carbocycles. The second-order valence-corrected chi connectivity index (χ2v) is 5.58. The molecule has 1 aliphatic rings. The normalized spacial score (nSPS) is 21.0. The van der Waals surface area contributed by atoms with E-state index in [1.807, 2.05) is 18.2 Å². The molecule has 1 heterocycles. The SMILES string of the molecule is CC(C)(C)C1CC(=O)N(c2cccc(N)c2)N1. The third-order valence-corrected chi connectivity index (χ3v) is 3.09. The lowest BCUT2D eigenvalue weighted by molar-refractivity contribution is -0.117. The summed E-state index contributed by atoms with van der Waals surface area (Å²) in [6.45, 7) is 6.38. The van der Waals surface area contributed by atoms with Crippen molar-refractivity contribution < 1.29 is 4.79 Å². The Labute approximate surface area is 102 Å². The van der Waals surface area contributed by atoms with Crippen LogP contribution < -0.4 is 16.2 Å². The standard InChI is InChI=1S/C13H19N3O/c1-13(2,3)11-8-12(17)16(15-11)10-6-4-5-9(14)7-10/h4-7,11,15H,8,14H2,1-3H3. The summed E-state index contributed by atoms with van der Waals surface area (Å²) in [7, 11) is 0. The molecule has 4 heteroatoms. The zero-order valence-corrected chi connectivity index (χ0v) is 10.5. The molecule has 0 aromatic heterocycles. The molecule has 1 atom stereocenters. The van der Waals surface area contributed by atoms with E-state index in [1.165, 1.54) is 0 Å². The molecular weight excluding hydrogens is 214 g/mol. The van der Waals surface area contributed by atoms with Gasteiger partial charge in [-0.25, -0.2) is 10.4 Å². The molecule has 1 unspecified atom stereocenters. The van der Waals surface area contributed by atoms with Gasteiger partial charge < -0.3 is 5.73 Å². The van der Waals surface area contributed by atoms with Crippen LogP contribution in [0.15, 0.2) is 24.3 Å². The van der Waals surface area contributed by atoms with Crippen molar-refractivity contribution in [3.63, 3.8) is 0 Å². The molecule has 0 spiro atoms.